The number of thiophene rings is 1. The van der Waals surface area contributed by atoms with E-state index in [-0.39, 0.29) is 0 Å². The van der Waals surface area contributed by atoms with E-state index in [1.165, 1.54) is 4.88 Å². The zero-order valence-corrected chi connectivity index (χ0v) is 12.1. The molecular formula is C14H20N4S. The van der Waals surface area contributed by atoms with Crippen LogP contribution in [0.1, 0.15) is 23.4 Å². The SMILES string of the molecule is C=C(N/C(C)=C/NC)c1csc(C2C=CNCN2)c1. The second-order valence-corrected chi connectivity index (χ2v) is 5.32. The number of allylic oxidation sites excluding steroid dienone is 1. The van der Waals surface area contributed by atoms with Crippen LogP contribution in [0.15, 0.2) is 42.2 Å². The van der Waals surface area contributed by atoms with E-state index in [1.54, 1.807) is 11.3 Å². The van der Waals surface area contributed by atoms with Crippen molar-refractivity contribution in [3.63, 3.8) is 0 Å². The fraction of sp³-hybridized carbons (Fsp3) is 0.286. The van der Waals surface area contributed by atoms with Crippen molar-refractivity contribution in [3.8, 4) is 0 Å². The molecule has 0 bridgehead atoms. The van der Waals surface area contributed by atoms with Crippen molar-refractivity contribution in [2.45, 2.75) is 13.0 Å². The van der Waals surface area contributed by atoms with Crippen molar-refractivity contribution in [2.75, 3.05) is 13.7 Å². The first kappa shape index (κ1) is 13.7. The standard InChI is InChI=1S/C14H20N4S/c1-10(7-15-3)18-11(2)12-6-14(19-8-12)13-4-5-16-9-17-13/h4-8,13,15-18H,2,9H2,1,3H3/b10-7+. The summed E-state index contributed by atoms with van der Waals surface area (Å²) in [6.07, 6.45) is 6.03. The lowest BCUT2D eigenvalue weighted by atomic mass is 10.1. The summed E-state index contributed by atoms with van der Waals surface area (Å²) in [5.74, 6) is 0. The molecule has 1 aromatic rings. The highest BCUT2D eigenvalue weighted by molar-refractivity contribution is 7.10. The molecule has 5 heteroatoms. The highest BCUT2D eigenvalue weighted by Crippen LogP contribution is 2.26. The van der Waals surface area contributed by atoms with Crippen LogP contribution in [0.25, 0.3) is 5.70 Å². The van der Waals surface area contributed by atoms with E-state index < -0.39 is 0 Å². The average molecular weight is 276 g/mol. The Labute approximate surface area is 118 Å². The molecule has 0 aliphatic carbocycles. The van der Waals surface area contributed by atoms with Crippen LogP contribution in [-0.2, 0) is 0 Å². The van der Waals surface area contributed by atoms with Crippen LogP contribution < -0.4 is 21.3 Å². The molecule has 0 radical (unpaired) electrons. The van der Waals surface area contributed by atoms with Gasteiger partial charge in [0.1, 0.15) is 0 Å². The maximum Gasteiger partial charge on any atom is 0.0655 e. The van der Waals surface area contributed by atoms with Gasteiger partial charge in [-0.05, 0) is 25.3 Å². The van der Waals surface area contributed by atoms with E-state index >= 15 is 0 Å². The van der Waals surface area contributed by atoms with Crippen molar-refractivity contribution in [3.05, 3.63) is 52.6 Å². The molecule has 0 fully saturated rings. The van der Waals surface area contributed by atoms with Crippen molar-refractivity contribution in [2.24, 2.45) is 0 Å². The summed E-state index contributed by atoms with van der Waals surface area (Å²) in [6, 6.07) is 2.47. The molecule has 0 saturated carbocycles. The number of hydrogen-bond acceptors (Lipinski definition) is 5. The minimum atomic E-state index is 0.293. The van der Waals surface area contributed by atoms with Gasteiger partial charge in [-0.15, -0.1) is 11.3 Å². The maximum atomic E-state index is 4.08. The largest absolute Gasteiger partial charge is 0.393 e. The van der Waals surface area contributed by atoms with E-state index in [1.807, 2.05) is 26.4 Å². The lowest BCUT2D eigenvalue weighted by Crippen LogP contribution is -2.32. The third-order valence-corrected chi connectivity index (χ3v) is 3.83. The van der Waals surface area contributed by atoms with Crippen LogP contribution in [0.4, 0.5) is 0 Å². The molecule has 0 aromatic carbocycles. The summed E-state index contributed by atoms with van der Waals surface area (Å²) in [5, 5.41) is 14.9. The zero-order chi connectivity index (χ0) is 13.7. The van der Waals surface area contributed by atoms with Gasteiger partial charge in [-0.3, -0.25) is 5.32 Å². The third-order valence-electron chi connectivity index (χ3n) is 2.81. The summed E-state index contributed by atoms with van der Waals surface area (Å²) in [6.45, 7) is 6.89. The Hall–Kier alpha value is -1.72. The predicted octanol–water partition coefficient (Wildman–Crippen LogP) is 2.09. The summed E-state index contributed by atoms with van der Waals surface area (Å²) < 4.78 is 0. The summed E-state index contributed by atoms with van der Waals surface area (Å²) >= 11 is 1.75. The van der Waals surface area contributed by atoms with Crippen LogP contribution in [0.5, 0.6) is 0 Å². The maximum absolute atomic E-state index is 4.08. The van der Waals surface area contributed by atoms with Crippen LogP contribution >= 0.6 is 11.3 Å². The molecule has 0 spiro atoms. The molecule has 1 atom stereocenters. The highest BCUT2D eigenvalue weighted by atomic mass is 32.1. The van der Waals surface area contributed by atoms with Gasteiger partial charge in [0.15, 0.2) is 0 Å². The first-order valence-electron chi connectivity index (χ1n) is 6.23. The van der Waals surface area contributed by atoms with Crippen molar-refractivity contribution in [1.29, 1.82) is 0 Å². The van der Waals surface area contributed by atoms with Gasteiger partial charge in [-0.2, -0.15) is 0 Å². The van der Waals surface area contributed by atoms with Gasteiger partial charge in [-0.25, -0.2) is 0 Å². The number of nitrogens with one attached hydrogen (secondary N) is 4. The monoisotopic (exact) mass is 276 g/mol. The Morgan fingerprint density at radius 1 is 1.58 bits per heavy atom. The lowest BCUT2D eigenvalue weighted by Gasteiger charge is -2.17. The van der Waals surface area contributed by atoms with Gasteiger partial charge >= 0.3 is 0 Å². The first-order chi connectivity index (χ1) is 9.20. The van der Waals surface area contributed by atoms with E-state index in [0.717, 1.165) is 23.6 Å². The van der Waals surface area contributed by atoms with E-state index in [4.69, 9.17) is 0 Å². The Balaban J connectivity index is 2.04. The van der Waals surface area contributed by atoms with Crippen molar-refractivity contribution in [1.82, 2.24) is 21.3 Å². The quantitative estimate of drug-likeness (QED) is 0.665. The van der Waals surface area contributed by atoms with Crippen LogP contribution in [0.3, 0.4) is 0 Å². The number of rotatable bonds is 5. The van der Waals surface area contributed by atoms with Crippen LogP contribution in [0.2, 0.25) is 0 Å². The molecule has 0 saturated heterocycles. The fourth-order valence-electron chi connectivity index (χ4n) is 1.89. The Kier molecular flexibility index (Phi) is 4.65. The highest BCUT2D eigenvalue weighted by Gasteiger charge is 2.13. The van der Waals surface area contributed by atoms with Gasteiger partial charge in [0.2, 0.25) is 0 Å². The average Bonchev–Trinajstić information content (AvgIpc) is 2.89. The molecule has 4 N–H and O–H groups in total. The molecule has 19 heavy (non-hydrogen) atoms. The molecule has 4 nitrogen and oxygen atoms in total. The van der Waals surface area contributed by atoms with Crippen molar-refractivity contribution < 1.29 is 0 Å². The topological polar surface area (TPSA) is 48.1 Å². The van der Waals surface area contributed by atoms with Gasteiger partial charge in [-0.1, -0.05) is 6.58 Å². The summed E-state index contributed by atoms with van der Waals surface area (Å²) in [7, 11) is 1.88. The van der Waals surface area contributed by atoms with E-state index in [0.29, 0.717) is 6.04 Å². The molecular weight excluding hydrogens is 256 g/mol. The van der Waals surface area contributed by atoms with Crippen LogP contribution in [0, 0.1) is 0 Å². The van der Waals surface area contributed by atoms with Gasteiger partial charge < -0.3 is 16.0 Å². The van der Waals surface area contributed by atoms with Crippen molar-refractivity contribution >= 4 is 17.0 Å². The minimum absolute atomic E-state index is 0.293. The Morgan fingerprint density at radius 2 is 2.42 bits per heavy atom. The van der Waals surface area contributed by atoms with Gasteiger partial charge in [0, 0.05) is 40.5 Å². The van der Waals surface area contributed by atoms with E-state index in [2.05, 4.69) is 45.4 Å². The van der Waals surface area contributed by atoms with Crippen LogP contribution in [-0.4, -0.2) is 13.7 Å². The molecule has 1 aliphatic heterocycles. The molecule has 1 aromatic heterocycles. The first-order valence-corrected chi connectivity index (χ1v) is 7.11. The molecule has 1 aliphatic rings. The third kappa shape index (κ3) is 3.62. The lowest BCUT2D eigenvalue weighted by molar-refractivity contribution is 0.570. The van der Waals surface area contributed by atoms with Gasteiger partial charge in [0.05, 0.1) is 12.7 Å². The molecule has 1 unspecified atom stereocenters. The predicted molar refractivity (Wildman–Crippen MR) is 82.3 cm³/mol. The minimum Gasteiger partial charge on any atom is -0.393 e. The number of hydrogen-bond donors (Lipinski definition) is 4. The molecule has 102 valence electrons. The zero-order valence-electron chi connectivity index (χ0n) is 11.3. The normalized spacial score (nSPS) is 18.8. The van der Waals surface area contributed by atoms with E-state index in [9.17, 15) is 0 Å². The summed E-state index contributed by atoms with van der Waals surface area (Å²) in [4.78, 5) is 1.30. The Bertz CT molecular complexity index is 501. The molecule has 0 amide bonds. The van der Waals surface area contributed by atoms with Gasteiger partial charge in [0.25, 0.3) is 0 Å². The molecule has 2 rings (SSSR count). The smallest absolute Gasteiger partial charge is 0.0655 e. The Morgan fingerprint density at radius 3 is 3.11 bits per heavy atom. The second kappa shape index (κ2) is 6.45. The molecule has 2 heterocycles. The fourth-order valence-corrected chi connectivity index (χ4v) is 2.87. The second-order valence-electron chi connectivity index (χ2n) is 4.38. The summed E-state index contributed by atoms with van der Waals surface area (Å²) in [5.41, 5.74) is 3.10.